The van der Waals surface area contributed by atoms with Crippen LogP contribution in [0.2, 0.25) is 0 Å². The molecule has 1 N–H and O–H groups in total. The Hall–Kier alpha value is -3.28. The third-order valence-electron chi connectivity index (χ3n) is 5.11. The van der Waals surface area contributed by atoms with E-state index in [1.54, 1.807) is 19.2 Å². The second-order valence-electron chi connectivity index (χ2n) is 6.55. The van der Waals surface area contributed by atoms with Crippen LogP contribution < -0.4 is 10.1 Å². The summed E-state index contributed by atoms with van der Waals surface area (Å²) in [6.45, 7) is 1.77. The number of para-hydroxylation sites is 1. The van der Waals surface area contributed by atoms with Gasteiger partial charge in [0.2, 0.25) is 0 Å². The van der Waals surface area contributed by atoms with Crippen molar-refractivity contribution in [2.24, 2.45) is 7.05 Å². The van der Waals surface area contributed by atoms with Crippen molar-refractivity contribution in [3.05, 3.63) is 42.0 Å². The predicted octanol–water partition coefficient (Wildman–Crippen LogP) is 3.44. The lowest BCUT2D eigenvalue weighted by Gasteiger charge is -2.19. The molecule has 3 heterocycles. The molecule has 1 aliphatic heterocycles. The van der Waals surface area contributed by atoms with Crippen molar-refractivity contribution in [3.8, 4) is 17.3 Å². The highest BCUT2D eigenvalue weighted by atomic mass is 16.5. The molecule has 6 heteroatoms. The third kappa shape index (κ3) is 1.92. The second kappa shape index (κ2) is 5.36. The summed E-state index contributed by atoms with van der Waals surface area (Å²) in [6.07, 6.45) is 0.823. The van der Waals surface area contributed by atoms with Gasteiger partial charge in [0, 0.05) is 31.1 Å². The first-order valence-electron chi connectivity index (χ1n) is 8.57. The van der Waals surface area contributed by atoms with Gasteiger partial charge < -0.3 is 19.2 Å². The van der Waals surface area contributed by atoms with Gasteiger partial charge in [0.15, 0.2) is 5.82 Å². The fraction of sp³-hybridized carbons (Fsp3) is 0.200. The molecule has 26 heavy (non-hydrogen) atoms. The Morgan fingerprint density at radius 2 is 2.12 bits per heavy atom. The Morgan fingerprint density at radius 1 is 1.23 bits per heavy atom. The quantitative estimate of drug-likeness (QED) is 0.577. The zero-order valence-corrected chi connectivity index (χ0v) is 14.6. The van der Waals surface area contributed by atoms with Crippen LogP contribution in [0.3, 0.4) is 0 Å². The van der Waals surface area contributed by atoms with Crippen molar-refractivity contribution in [2.75, 3.05) is 19.0 Å². The summed E-state index contributed by atoms with van der Waals surface area (Å²) in [4.78, 5) is 16.1. The molecule has 6 nitrogen and oxygen atoms in total. The number of ether oxygens (including phenoxy) is 1. The minimum Gasteiger partial charge on any atom is -0.494 e. The van der Waals surface area contributed by atoms with E-state index in [4.69, 9.17) is 9.72 Å². The topological polar surface area (TPSA) is 61.1 Å². The van der Waals surface area contributed by atoms with Crippen molar-refractivity contribution in [2.45, 2.75) is 6.54 Å². The van der Waals surface area contributed by atoms with Crippen LogP contribution in [-0.4, -0.2) is 34.1 Å². The lowest BCUT2D eigenvalue weighted by Crippen LogP contribution is -2.17. The number of carbonyl (C=O) groups excluding carboxylic acids is 1. The first-order valence-corrected chi connectivity index (χ1v) is 8.57. The number of aryl methyl sites for hydroxylation is 1. The number of benzene rings is 2. The van der Waals surface area contributed by atoms with E-state index in [0.29, 0.717) is 11.3 Å². The standard InChI is InChI=1S/C20H18N4O2/c1-23-19-15(8-12(11-25)9-17(19)26-2)22-20(23)16-10-13-4-3-5-14-18(13)24(16)7-6-21-14/h3-5,8-11,21H,6-7H2,1-2H3. The highest BCUT2D eigenvalue weighted by Gasteiger charge is 2.22. The van der Waals surface area contributed by atoms with Gasteiger partial charge in [-0.15, -0.1) is 0 Å². The van der Waals surface area contributed by atoms with Crippen LogP contribution in [0.25, 0.3) is 33.5 Å². The predicted molar refractivity (Wildman–Crippen MR) is 102 cm³/mol. The number of imidazole rings is 1. The number of nitrogens with zero attached hydrogens (tertiary/aromatic N) is 3. The van der Waals surface area contributed by atoms with Crippen LogP contribution in [0.15, 0.2) is 36.4 Å². The monoisotopic (exact) mass is 346 g/mol. The molecule has 2 aromatic heterocycles. The van der Waals surface area contributed by atoms with Crippen molar-refractivity contribution in [1.82, 2.24) is 14.1 Å². The van der Waals surface area contributed by atoms with E-state index >= 15 is 0 Å². The highest BCUT2D eigenvalue weighted by molar-refractivity contribution is 5.97. The van der Waals surface area contributed by atoms with Crippen LogP contribution in [0.1, 0.15) is 10.4 Å². The van der Waals surface area contributed by atoms with Crippen LogP contribution in [0, 0.1) is 0 Å². The van der Waals surface area contributed by atoms with E-state index in [2.05, 4.69) is 34.1 Å². The van der Waals surface area contributed by atoms with Crippen molar-refractivity contribution < 1.29 is 9.53 Å². The molecule has 0 aliphatic carbocycles. The van der Waals surface area contributed by atoms with Gasteiger partial charge in [0.05, 0.1) is 29.5 Å². The Bertz CT molecular complexity index is 1190. The third-order valence-corrected chi connectivity index (χ3v) is 5.11. The molecule has 0 radical (unpaired) electrons. The average Bonchev–Trinajstić information content (AvgIpc) is 3.21. The summed E-state index contributed by atoms with van der Waals surface area (Å²) in [5.41, 5.74) is 5.65. The maximum atomic E-state index is 11.2. The Kier molecular flexibility index (Phi) is 3.09. The van der Waals surface area contributed by atoms with Gasteiger partial charge in [-0.25, -0.2) is 4.98 Å². The van der Waals surface area contributed by atoms with Gasteiger partial charge in [-0.3, -0.25) is 4.79 Å². The molecule has 0 fully saturated rings. The molecule has 5 rings (SSSR count). The molecule has 0 saturated carbocycles. The van der Waals surface area contributed by atoms with Crippen LogP contribution in [0.4, 0.5) is 5.69 Å². The van der Waals surface area contributed by atoms with E-state index in [1.807, 2.05) is 11.6 Å². The Morgan fingerprint density at radius 3 is 2.92 bits per heavy atom. The molecule has 0 spiro atoms. The minimum atomic E-state index is 0.562. The summed E-state index contributed by atoms with van der Waals surface area (Å²) in [7, 11) is 3.60. The molecular weight excluding hydrogens is 328 g/mol. The number of rotatable bonds is 3. The SMILES string of the molecule is COc1cc(C=O)cc2nc(-c3cc4cccc5c4n3CCN5)n(C)c12. The Balaban J connectivity index is 1.83. The summed E-state index contributed by atoms with van der Waals surface area (Å²) in [6, 6.07) is 12.0. The number of methoxy groups -OCH3 is 1. The normalized spacial score (nSPS) is 13.2. The molecule has 2 aromatic carbocycles. The smallest absolute Gasteiger partial charge is 0.157 e. The number of anilines is 1. The zero-order valence-electron chi connectivity index (χ0n) is 14.6. The Labute approximate surface area is 150 Å². The number of hydrogen-bond donors (Lipinski definition) is 1. The fourth-order valence-electron chi connectivity index (χ4n) is 3.97. The first-order chi connectivity index (χ1) is 12.7. The van der Waals surface area contributed by atoms with Crippen LogP contribution in [0.5, 0.6) is 5.75 Å². The molecule has 130 valence electrons. The van der Waals surface area contributed by atoms with E-state index in [0.717, 1.165) is 47.6 Å². The van der Waals surface area contributed by atoms with Crippen molar-refractivity contribution in [3.63, 3.8) is 0 Å². The van der Waals surface area contributed by atoms with Crippen LogP contribution >= 0.6 is 0 Å². The molecule has 0 bridgehead atoms. The summed E-state index contributed by atoms with van der Waals surface area (Å²) < 4.78 is 9.87. The van der Waals surface area contributed by atoms with Gasteiger partial charge in [0.1, 0.15) is 17.6 Å². The summed E-state index contributed by atoms with van der Waals surface area (Å²) in [5.74, 6) is 1.52. The zero-order chi connectivity index (χ0) is 17.8. The van der Waals surface area contributed by atoms with E-state index in [1.165, 1.54) is 10.9 Å². The highest BCUT2D eigenvalue weighted by Crippen LogP contribution is 2.36. The number of carbonyl (C=O) groups is 1. The minimum absolute atomic E-state index is 0.562. The maximum absolute atomic E-state index is 11.2. The van der Waals surface area contributed by atoms with Crippen LogP contribution in [-0.2, 0) is 13.6 Å². The lowest BCUT2D eigenvalue weighted by molar-refractivity contribution is 0.112. The number of hydrogen-bond acceptors (Lipinski definition) is 4. The maximum Gasteiger partial charge on any atom is 0.157 e. The fourth-order valence-corrected chi connectivity index (χ4v) is 3.97. The molecule has 0 unspecified atom stereocenters. The summed E-state index contributed by atoms with van der Waals surface area (Å²) in [5, 5.41) is 4.65. The summed E-state index contributed by atoms with van der Waals surface area (Å²) >= 11 is 0. The molecule has 0 atom stereocenters. The lowest BCUT2D eigenvalue weighted by atomic mass is 10.2. The molecule has 4 aromatic rings. The molecular formula is C20H18N4O2. The van der Waals surface area contributed by atoms with Gasteiger partial charge in [-0.1, -0.05) is 12.1 Å². The first kappa shape index (κ1) is 15.0. The average molecular weight is 346 g/mol. The van der Waals surface area contributed by atoms with Crippen molar-refractivity contribution >= 4 is 33.9 Å². The van der Waals surface area contributed by atoms with E-state index < -0.39 is 0 Å². The number of aromatic nitrogens is 3. The van der Waals surface area contributed by atoms with Gasteiger partial charge in [-0.2, -0.15) is 0 Å². The van der Waals surface area contributed by atoms with E-state index in [9.17, 15) is 4.79 Å². The molecule has 0 saturated heterocycles. The number of fused-ring (bicyclic) bond motifs is 1. The van der Waals surface area contributed by atoms with Gasteiger partial charge in [-0.05, 0) is 24.3 Å². The number of aldehydes is 1. The number of nitrogens with one attached hydrogen (secondary N) is 1. The van der Waals surface area contributed by atoms with E-state index in [-0.39, 0.29) is 0 Å². The molecule has 0 amide bonds. The van der Waals surface area contributed by atoms with Crippen molar-refractivity contribution in [1.29, 1.82) is 0 Å². The largest absolute Gasteiger partial charge is 0.494 e. The molecule has 1 aliphatic rings. The second-order valence-corrected chi connectivity index (χ2v) is 6.55. The van der Waals surface area contributed by atoms with Gasteiger partial charge in [0.25, 0.3) is 0 Å². The van der Waals surface area contributed by atoms with Gasteiger partial charge >= 0.3 is 0 Å².